The fourth-order valence-electron chi connectivity index (χ4n) is 1.65. The van der Waals surface area contributed by atoms with Crippen LogP contribution >= 0.6 is 0 Å². The molecule has 0 amide bonds. The first-order valence-corrected chi connectivity index (χ1v) is 5.94. The van der Waals surface area contributed by atoms with E-state index in [1.165, 1.54) is 12.1 Å². The molecular weight excluding hydrogens is 239 g/mol. The van der Waals surface area contributed by atoms with Crippen LogP contribution in [0.2, 0.25) is 0 Å². The lowest BCUT2D eigenvalue weighted by Gasteiger charge is -2.08. The second-order valence-corrected chi connectivity index (χ2v) is 4.35. The minimum Gasteiger partial charge on any atom is -0.402 e. The van der Waals surface area contributed by atoms with E-state index in [2.05, 4.69) is 0 Å². The predicted octanol–water partition coefficient (Wildman–Crippen LogP) is 4.28. The zero-order chi connectivity index (χ0) is 13.8. The summed E-state index contributed by atoms with van der Waals surface area (Å²) in [5.74, 6) is 0. The van der Waals surface area contributed by atoms with Gasteiger partial charge in [-0.2, -0.15) is 13.2 Å². The van der Waals surface area contributed by atoms with Crippen LogP contribution in [0.3, 0.4) is 0 Å². The van der Waals surface area contributed by atoms with E-state index in [9.17, 15) is 13.2 Å². The van der Waals surface area contributed by atoms with Crippen molar-refractivity contribution in [1.29, 1.82) is 0 Å². The number of benzene rings is 1. The van der Waals surface area contributed by atoms with Gasteiger partial charge in [-0.1, -0.05) is 24.6 Å². The second kappa shape index (κ2) is 5.94. The summed E-state index contributed by atoms with van der Waals surface area (Å²) in [5, 5.41) is 0. The molecule has 0 bridgehead atoms. The first-order chi connectivity index (χ1) is 8.34. The van der Waals surface area contributed by atoms with E-state index in [4.69, 9.17) is 5.73 Å². The third-order valence-electron chi connectivity index (χ3n) is 3.00. The molecule has 0 unspecified atom stereocenters. The van der Waals surface area contributed by atoms with E-state index in [-0.39, 0.29) is 0 Å². The van der Waals surface area contributed by atoms with Crippen molar-refractivity contribution in [3.05, 3.63) is 46.7 Å². The molecule has 1 nitrogen and oxygen atoms in total. The molecule has 0 aromatic heterocycles. The van der Waals surface area contributed by atoms with Gasteiger partial charge in [0.1, 0.15) is 0 Å². The van der Waals surface area contributed by atoms with Crippen molar-refractivity contribution in [2.24, 2.45) is 5.73 Å². The number of aryl methyl sites for hydroxylation is 1. The van der Waals surface area contributed by atoms with Crippen LogP contribution in [0.25, 0.3) is 0 Å². The van der Waals surface area contributed by atoms with Crippen LogP contribution < -0.4 is 5.73 Å². The van der Waals surface area contributed by atoms with Crippen molar-refractivity contribution in [3.63, 3.8) is 0 Å². The van der Waals surface area contributed by atoms with Crippen LogP contribution in [0.5, 0.6) is 0 Å². The Morgan fingerprint density at radius 3 is 2.17 bits per heavy atom. The van der Waals surface area contributed by atoms with Gasteiger partial charge >= 0.3 is 6.18 Å². The van der Waals surface area contributed by atoms with Crippen LogP contribution in [0.4, 0.5) is 13.2 Å². The highest BCUT2D eigenvalue weighted by molar-refractivity contribution is 5.25. The highest BCUT2D eigenvalue weighted by Gasteiger charge is 2.29. The van der Waals surface area contributed by atoms with Gasteiger partial charge in [-0.15, -0.1) is 0 Å². The Balaban J connectivity index is 2.66. The minimum absolute atomic E-state index is 0.605. The first-order valence-electron chi connectivity index (χ1n) is 5.94. The van der Waals surface area contributed by atoms with Crippen LogP contribution in [-0.2, 0) is 12.6 Å². The number of nitrogens with two attached hydrogens (primary N) is 1. The molecule has 2 N–H and O–H groups in total. The van der Waals surface area contributed by atoms with E-state index >= 15 is 0 Å². The van der Waals surface area contributed by atoms with Crippen molar-refractivity contribution in [3.8, 4) is 0 Å². The molecule has 0 aliphatic heterocycles. The van der Waals surface area contributed by atoms with Gasteiger partial charge < -0.3 is 5.73 Å². The van der Waals surface area contributed by atoms with E-state index in [0.717, 1.165) is 41.8 Å². The smallest absolute Gasteiger partial charge is 0.402 e. The fourth-order valence-corrected chi connectivity index (χ4v) is 1.65. The van der Waals surface area contributed by atoms with Crippen LogP contribution in [-0.4, -0.2) is 0 Å². The molecule has 0 fully saturated rings. The van der Waals surface area contributed by atoms with Gasteiger partial charge in [0, 0.05) is 5.70 Å². The van der Waals surface area contributed by atoms with Gasteiger partial charge in [-0.3, -0.25) is 0 Å². The Morgan fingerprint density at radius 1 is 1.17 bits per heavy atom. The maximum atomic E-state index is 12.4. The lowest BCUT2D eigenvalue weighted by Crippen LogP contribution is -2.04. The van der Waals surface area contributed by atoms with Crippen molar-refractivity contribution >= 4 is 0 Å². The molecule has 18 heavy (non-hydrogen) atoms. The van der Waals surface area contributed by atoms with Crippen LogP contribution in [0, 0.1) is 0 Å². The van der Waals surface area contributed by atoms with Crippen molar-refractivity contribution in [1.82, 2.24) is 0 Å². The van der Waals surface area contributed by atoms with Crippen molar-refractivity contribution < 1.29 is 13.2 Å². The summed E-state index contributed by atoms with van der Waals surface area (Å²) in [6.45, 7) is 3.94. The highest BCUT2D eigenvalue weighted by atomic mass is 19.4. The van der Waals surface area contributed by atoms with Crippen LogP contribution in [0.1, 0.15) is 37.8 Å². The van der Waals surface area contributed by atoms with E-state index in [1.54, 1.807) is 0 Å². The Bertz CT molecular complexity index is 416. The Labute approximate surface area is 105 Å². The standard InChI is InChI=1S/C14H18F3N/c1-3-13(18)10(2)4-5-11-6-8-12(9-7-11)14(15,16)17/h6-9H,3-5,18H2,1-2H3/b13-10-. The van der Waals surface area contributed by atoms with Crippen LogP contribution in [0.15, 0.2) is 35.5 Å². The van der Waals surface area contributed by atoms with E-state index < -0.39 is 11.7 Å². The van der Waals surface area contributed by atoms with Gasteiger partial charge in [-0.25, -0.2) is 0 Å². The van der Waals surface area contributed by atoms with Gasteiger partial charge in [0.2, 0.25) is 0 Å². The average Bonchev–Trinajstić information content (AvgIpc) is 2.34. The average molecular weight is 257 g/mol. The van der Waals surface area contributed by atoms with E-state index in [0.29, 0.717) is 6.42 Å². The summed E-state index contributed by atoms with van der Waals surface area (Å²) in [6.07, 6.45) is -1.96. The summed E-state index contributed by atoms with van der Waals surface area (Å²) in [7, 11) is 0. The van der Waals surface area contributed by atoms with Crippen molar-refractivity contribution in [2.75, 3.05) is 0 Å². The summed E-state index contributed by atoms with van der Waals surface area (Å²) in [6, 6.07) is 5.30. The number of hydrogen-bond acceptors (Lipinski definition) is 1. The molecule has 0 atom stereocenters. The molecule has 1 rings (SSSR count). The van der Waals surface area contributed by atoms with Gasteiger partial charge in [0.25, 0.3) is 0 Å². The number of hydrogen-bond donors (Lipinski definition) is 1. The Kier molecular flexibility index (Phi) is 4.82. The number of rotatable bonds is 4. The fraction of sp³-hybridized carbons (Fsp3) is 0.429. The molecule has 0 saturated carbocycles. The molecule has 0 radical (unpaired) electrons. The monoisotopic (exact) mass is 257 g/mol. The van der Waals surface area contributed by atoms with Crippen molar-refractivity contribution in [2.45, 2.75) is 39.3 Å². The Hall–Kier alpha value is -1.45. The Morgan fingerprint density at radius 2 is 1.72 bits per heavy atom. The number of allylic oxidation sites excluding steroid dienone is 2. The maximum absolute atomic E-state index is 12.4. The maximum Gasteiger partial charge on any atom is 0.416 e. The number of alkyl halides is 3. The lowest BCUT2D eigenvalue weighted by molar-refractivity contribution is -0.137. The third kappa shape index (κ3) is 4.09. The molecule has 1 aromatic rings. The van der Waals surface area contributed by atoms with E-state index in [1.807, 2.05) is 13.8 Å². The largest absolute Gasteiger partial charge is 0.416 e. The molecule has 1 aromatic carbocycles. The molecular formula is C14H18F3N. The van der Waals surface area contributed by atoms with Gasteiger partial charge in [0.05, 0.1) is 5.56 Å². The highest BCUT2D eigenvalue weighted by Crippen LogP contribution is 2.29. The molecule has 0 saturated heterocycles. The second-order valence-electron chi connectivity index (χ2n) is 4.35. The predicted molar refractivity (Wildman–Crippen MR) is 66.9 cm³/mol. The quantitative estimate of drug-likeness (QED) is 0.856. The molecule has 0 aliphatic carbocycles. The summed E-state index contributed by atoms with van der Waals surface area (Å²) in [4.78, 5) is 0. The SMILES string of the molecule is CC/C(N)=C(\C)CCc1ccc(C(F)(F)F)cc1. The van der Waals surface area contributed by atoms with Gasteiger partial charge in [-0.05, 0) is 43.9 Å². The summed E-state index contributed by atoms with van der Waals surface area (Å²) >= 11 is 0. The molecule has 100 valence electrons. The zero-order valence-electron chi connectivity index (χ0n) is 10.6. The topological polar surface area (TPSA) is 26.0 Å². The first kappa shape index (κ1) is 14.6. The molecule has 0 spiro atoms. The number of halogens is 3. The molecule has 4 heteroatoms. The molecule has 0 aliphatic rings. The summed E-state index contributed by atoms with van der Waals surface area (Å²) < 4.78 is 37.1. The zero-order valence-corrected chi connectivity index (χ0v) is 10.6. The lowest BCUT2D eigenvalue weighted by atomic mass is 10.0. The third-order valence-corrected chi connectivity index (χ3v) is 3.00. The summed E-state index contributed by atoms with van der Waals surface area (Å²) in [5.41, 5.74) is 8.05. The van der Waals surface area contributed by atoms with Gasteiger partial charge in [0.15, 0.2) is 0 Å². The normalized spacial score (nSPS) is 13.4. The minimum atomic E-state index is -4.26. The molecule has 0 heterocycles.